The average molecular weight is 419 g/mol. The highest BCUT2D eigenvalue weighted by atomic mass is 32.2. The average Bonchev–Trinajstić information content (AvgIpc) is 2.73. The van der Waals surface area contributed by atoms with Crippen molar-refractivity contribution in [1.29, 1.82) is 0 Å². The summed E-state index contributed by atoms with van der Waals surface area (Å²) in [5, 5.41) is 5.82. The van der Waals surface area contributed by atoms with Crippen molar-refractivity contribution in [3.8, 4) is 0 Å². The highest BCUT2D eigenvalue weighted by molar-refractivity contribution is 8.00. The second-order valence-corrected chi connectivity index (χ2v) is 8.51. The van der Waals surface area contributed by atoms with Gasteiger partial charge in [0.1, 0.15) is 0 Å². The molecule has 30 heavy (non-hydrogen) atoms. The first-order valence-electron chi connectivity index (χ1n) is 9.91. The van der Waals surface area contributed by atoms with E-state index in [0.717, 1.165) is 21.8 Å². The number of hydrogen-bond acceptors (Lipinski definition) is 3. The lowest BCUT2D eigenvalue weighted by Crippen LogP contribution is -2.14. The van der Waals surface area contributed by atoms with Crippen molar-refractivity contribution in [2.24, 2.45) is 0 Å². The summed E-state index contributed by atoms with van der Waals surface area (Å²) in [5.74, 6) is 0.604. The molecule has 0 fully saturated rings. The molecule has 3 rings (SSSR count). The normalized spacial score (nSPS) is 10.7. The van der Waals surface area contributed by atoms with Gasteiger partial charge < -0.3 is 10.6 Å². The molecule has 0 saturated heterocycles. The number of hydrogen-bond donors (Lipinski definition) is 2. The van der Waals surface area contributed by atoms with Crippen molar-refractivity contribution in [3.63, 3.8) is 0 Å². The lowest BCUT2D eigenvalue weighted by atomic mass is 10.0. The Bertz CT molecular complexity index is 1010. The summed E-state index contributed by atoms with van der Waals surface area (Å²) >= 11 is 1.46. The van der Waals surface area contributed by atoms with Crippen molar-refractivity contribution in [2.45, 2.75) is 31.6 Å². The van der Waals surface area contributed by atoms with Gasteiger partial charge in [0.25, 0.3) is 5.91 Å². The fourth-order valence-electron chi connectivity index (χ4n) is 2.92. The maximum Gasteiger partial charge on any atom is 0.255 e. The van der Waals surface area contributed by atoms with E-state index in [-0.39, 0.29) is 11.8 Å². The molecule has 2 amide bonds. The summed E-state index contributed by atoms with van der Waals surface area (Å²) in [6.07, 6.45) is 0. The van der Waals surface area contributed by atoms with Gasteiger partial charge in [-0.05, 0) is 66.9 Å². The summed E-state index contributed by atoms with van der Waals surface area (Å²) in [6, 6.07) is 22.9. The van der Waals surface area contributed by atoms with Crippen molar-refractivity contribution < 1.29 is 9.59 Å². The first-order valence-corrected chi connectivity index (χ1v) is 10.9. The van der Waals surface area contributed by atoms with Crippen molar-refractivity contribution in [3.05, 3.63) is 89.5 Å². The Morgan fingerprint density at radius 2 is 1.50 bits per heavy atom. The molecule has 0 radical (unpaired) electrons. The lowest BCUT2D eigenvalue weighted by molar-refractivity contribution is -0.113. The molecule has 0 saturated carbocycles. The van der Waals surface area contributed by atoms with Crippen LogP contribution in [0.25, 0.3) is 0 Å². The summed E-state index contributed by atoms with van der Waals surface area (Å²) in [4.78, 5) is 25.5. The summed E-state index contributed by atoms with van der Waals surface area (Å²) < 4.78 is 0. The number of carbonyl (C=O) groups is 2. The van der Waals surface area contributed by atoms with E-state index in [1.165, 1.54) is 17.3 Å². The second kappa shape index (κ2) is 10.1. The number of carbonyl (C=O) groups excluding carboxylic acids is 2. The van der Waals surface area contributed by atoms with Crippen LogP contribution in [0.5, 0.6) is 0 Å². The molecule has 0 aliphatic heterocycles. The van der Waals surface area contributed by atoms with Crippen molar-refractivity contribution >= 4 is 35.0 Å². The molecule has 0 unspecified atom stereocenters. The number of benzene rings is 3. The zero-order valence-electron chi connectivity index (χ0n) is 17.4. The largest absolute Gasteiger partial charge is 0.325 e. The van der Waals surface area contributed by atoms with Crippen LogP contribution in [0.3, 0.4) is 0 Å². The number of rotatable bonds is 7. The van der Waals surface area contributed by atoms with Gasteiger partial charge in [-0.3, -0.25) is 9.59 Å². The Kier molecular flexibility index (Phi) is 7.31. The highest BCUT2D eigenvalue weighted by Crippen LogP contribution is 2.22. The number of thioether (sulfide) groups is 1. The van der Waals surface area contributed by atoms with Gasteiger partial charge in [0.15, 0.2) is 0 Å². The van der Waals surface area contributed by atoms with Crippen LogP contribution in [-0.4, -0.2) is 17.6 Å². The van der Waals surface area contributed by atoms with E-state index >= 15 is 0 Å². The van der Waals surface area contributed by atoms with Crippen molar-refractivity contribution in [1.82, 2.24) is 0 Å². The van der Waals surface area contributed by atoms with Crippen LogP contribution in [0.15, 0.2) is 77.7 Å². The molecule has 3 aromatic rings. The third-order valence-electron chi connectivity index (χ3n) is 4.62. The Morgan fingerprint density at radius 1 is 0.867 bits per heavy atom. The topological polar surface area (TPSA) is 58.2 Å². The zero-order chi connectivity index (χ0) is 21.5. The monoisotopic (exact) mass is 418 g/mol. The van der Waals surface area contributed by atoms with Crippen LogP contribution >= 0.6 is 11.8 Å². The molecule has 3 aromatic carbocycles. The summed E-state index contributed by atoms with van der Waals surface area (Å²) in [7, 11) is 0. The van der Waals surface area contributed by atoms with Gasteiger partial charge in [-0.25, -0.2) is 0 Å². The fraction of sp³-hybridized carbons (Fsp3) is 0.200. The summed E-state index contributed by atoms with van der Waals surface area (Å²) in [6.45, 7) is 6.24. The molecule has 0 aliphatic carbocycles. The number of anilines is 2. The van der Waals surface area contributed by atoms with E-state index in [0.29, 0.717) is 17.2 Å². The van der Waals surface area contributed by atoms with Gasteiger partial charge in [0.2, 0.25) is 5.91 Å². The molecule has 154 valence electrons. The molecular formula is C25H26N2O2S. The van der Waals surface area contributed by atoms with Crippen LogP contribution in [0.4, 0.5) is 11.4 Å². The molecule has 0 aromatic heterocycles. The van der Waals surface area contributed by atoms with Crippen LogP contribution in [0.2, 0.25) is 0 Å². The van der Waals surface area contributed by atoms with Crippen LogP contribution in [-0.2, 0) is 4.79 Å². The van der Waals surface area contributed by atoms with Gasteiger partial charge in [0.05, 0.1) is 5.75 Å². The molecule has 5 heteroatoms. The highest BCUT2D eigenvalue weighted by Gasteiger charge is 2.08. The quantitative estimate of drug-likeness (QED) is 0.456. The smallest absolute Gasteiger partial charge is 0.255 e. The Hall–Kier alpha value is -3.05. The van der Waals surface area contributed by atoms with Gasteiger partial charge in [0, 0.05) is 21.8 Å². The Balaban J connectivity index is 1.49. The van der Waals surface area contributed by atoms with Crippen LogP contribution < -0.4 is 10.6 Å². The third kappa shape index (κ3) is 6.22. The minimum Gasteiger partial charge on any atom is -0.325 e. The van der Waals surface area contributed by atoms with Crippen molar-refractivity contribution in [2.75, 3.05) is 16.4 Å². The zero-order valence-corrected chi connectivity index (χ0v) is 18.3. The Morgan fingerprint density at radius 3 is 2.13 bits per heavy atom. The van der Waals surface area contributed by atoms with Gasteiger partial charge >= 0.3 is 0 Å². The number of aryl methyl sites for hydroxylation is 1. The molecule has 0 bridgehead atoms. The number of nitrogens with one attached hydrogen (secondary N) is 2. The van der Waals surface area contributed by atoms with E-state index in [1.54, 1.807) is 6.07 Å². The molecule has 0 heterocycles. The first kappa shape index (κ1) is 21.7. The van der Waals surface area contributed by atoms with Gasteiger partial charge in [-0.15, -0.1) is 11.8 Å². The second-order valence-electron chi connectivity index (χ2n) is 7.46. The SMILES string of the molecule is Cc1cccc(C(=O)Nc2ccc(SCC(=O)Nc3ccc(C(C)C)cc3)cc2)c1. The first-order chi connectivity index (χ1) is 14.4. The Labute approximate surface area is 182 Å². The van der Waals surface area contributed by atoms with Crippen LogP contribution in [0.1, 0.15) is 41.3 Å². The maximum absolute atomic E-state index is 12.3. The van der Waals surface area contributed by atoms with E-state index in [1.807, 2.05) is 73.7 Å². The van der Waals surface area contributed by atoms with Gasteiger partial charge in [-0.2, -0.15) is 0 Å². The summed E-state index contributed by atoms with van der Waals surface area (Å²) in [5.41, 5.74) is 4.45. The minimum absolute atomic E-state index is 0.0471. The van der Waals surface area contributed by atoms with E-state index in [4.69, 9.17) is 0 Å². The molecule has 0 atom stereocenters. The molecule has 2 N–H and O–H groups in total. The molecular weight excluding hydrogens is 392 g/mol. The molecule has 4 nitrogen and oxygen atoms in total. The predicted octanol–water partition coefficient (Wildman–Crippen LogP) is 6.10. The van der Waals surface area contributed by atoms with Crippen LogP contribution in [0, 0.1) is 6.92 Å². The minimum atomic E-state index is -0.137. The molecule has 0 aliphatic rings. The lowest BCUT2D eigenvalue weighted by Gasteiger charge is -2.09. The van der Waals surface area contributed by atoms with Gasteiger partial charge in [-0.1, -0.05) is 43.7 Å². The standard InChI is InChI=1S/C25H26N2O2S/c1-17(2)19-7-9-21(10-8-19)26-24(28)16-30-23-13-11-22(12-14-23)27-25(29)20-6-4-5-18(3)15-20/h4-15,17H,16H2,1-3H3,(H,26,28)(H,27,29). The van der Waals surface area contributed by atoms with E-state index < -0.39 is 0 Å². The fourth-order valence-corrected chi connectivity index (χ4v) is 3.62. The van der Waals surface area contributed by atoms with E-state index in [9.17, 15) is 9.59 Å². The predicted molar refractivity (Wildman–Crippen MR) is 125 cm³/mol. The molecule has 0 spiro atoms. The third-order valence-corrected chi connectivity index (χ3v) is 5.64. The number of amides is 2. The maximum atomic E-state index is 12.3. The van der Waals surface area contributed by atoms with E-state index in [2.05, 4.69) is 24.5 Å².